The lowest BCUT2D eigenvalue weighted by Gasteiger charge is -2.12. The van der Waals surface area contributed by atoms with Crippen LogP contribution in [-0.4, -0.2) is 11.9 Å². The summed E-state index contributed by atoms with van der Waals surface area (Å²) in [4.78, 5) is 21.6. The van der Waals surface area contributed by atoms with Crippen molar-refractivity contribution in [3.05, 3.63) is 65.2 Å². The predicted octanol–water partition coefficient (Wildman–Crippen LogP) is -0.00740. The number of carbonyl (C=O) groups is 2. The molecule has 0 aliphatic rings. The summed E-state index contributed by atoms with van der Waals surface area (Å²) in [6.45, 7) is 0.198. The quantitative estimate of drug-likeness (QED) is 0.762. The van der Waals surface area contributed by atoms with Gasteiger partial charge in [0, 0.05) is 11.1 Å². The first kappa shape index (κ1) is 13.6. The van der Waals surface area contributed by atoms with Gasteiger partial charge in [0.2, 0.25) is 0 Å². The fraction of sp³-hybridized carbons (Fsp3) is 0.0667. The van der Waals surface area contributed by atoms with Crippen LogP contribution >= 0.6 is 0 Å². The summed E-state index contributed by atoms with van der Waals surface area (Å²) >= 11 is 0. The lowest BCUT2D eigenvalue weighted by atomic mass is 10.1. The van der Waals surface area contributed by atoms with Crippen LogP contribution in [0.1, 0.15) is 26.3 Å². The Labute approximate surface area is 115 Å². The number of carboxylic acids is 2. The molecule has 5 nitrogen and oxygen atoms in total. The minimum atomic E-state index is -1.47. The van der Waals surface area contributed by atoms with E-state index in [2.05, 4.69) is 0 Å². The predicted molar refractivity (Wildman–Crippen MR) is 65.9 cm³/mol. The van der Waals surface area contributed by atoms with Gasteiger partial charge in [0.25, 0.3) is 0 Å². The summed E-state index contributed by atoms with van der Waals surface area (Å²) in [7, 11) is 0. The van der Waals surface area contributed by atoms with E-state index in [4.69, 9.17) is 4.74 Å². The van der Waals surface area contributed by atoms with E-state index in [9.17, 15) is 19.8 Å². The molecule has 0 heterocycles. The van der Waals surface area contributed by atoms with Crippen LogP contribution in [0.25, 0.3) is 0 Å². The van der Waals surface area contributed by atoms with E-state index in [1.807, 2.05) is 30.3 Å². The zero-order valence-electron chi connectivity index (χ0n) is 10.4. The van der Waals surface area contributed by atoms with Crippen molar-refractivity contribution in [2.24, 2.45) is 0 Å². The molecule has 0 atom stereocenters. The van der Waals surface area contributed by atoms with Crippen LogP contribution in [0.2, 0.25) is 0 Å². The van der Waals surface area contributed by atoms with Gasteiger partial charge in [-0.25, -0.2) is 0 Å². The first-order valence-electron chi connectivity index (χ1n) is 5.81. The van der Waals surface area contributed by atoms with Crippen LogP contribution in [-0.2, 0) is 6.61 Å². The van der Waals surface area contributed by atoms with Crippen molar-refractivity contribution in [1.82, 2.24) is 0 Å². The number of rotatable bonds is 5. The highest BCUT2D eigenvalue weighted by Crippen LogP contribution is 2.18. The molecule has 0 saturated heterocycles. The van der Waals surface area contributed by atoms with Gasteiger partial charge in [-0.3, -0.25) is 0 Å². The van der Waals surface area contributed by atoms with Gasteiger partial charge in [0.1, 0.15) is 12.4 Å². The molecule has 0 unspecified atom stereocenters. The first-order valence-corrected chi connectivity index (χ1v) is 5.81. The molecule has 20 heavy (non-hydrogen) atoms. The molecule has 2 aromatic carbocycles. The lowest BCUT2D eigenvalue weighted by Crippen LogP contribution is -2.25. The summed E-state index contributed by atoms with van der Waals surface area (Å²) in [6.07, 6.45) is 0. The van der Waals surface area contributed by atoms with Gasteiger partial charge in [0.15, 0.2) is 0 Å². The summed E-state index contributed by atoms with van der Waals surface area (Å²) < 4.78 is 5.39. The van der Waals surface area contributed by atoms with E-state index < -0.39 is 11.9 Å². The molecular weight excluding hydrogens is 260 g/mol. The maximum absolute atomic E-state index is 10.8. The number of ether oxygens (including phenoxy) is 1. The molecule has 0 spiro atoms. The summed E-state index contributed by atoms with van der Waals surface area (Å²) in [5, 5.41) is 21.6. The summed E-state index contributed by atoms with van der Waals surface area (Å²) in [5.41, 5.74) is 0.339. The fourth-order valence-electron chi connectivity index (χ4n) is 1.66. The molecule has 2 aromatic rings. The van der Waals surface area contributed by atoms with Gasteiger partial charge >= 0.3 is 0 Å². The van der Waals surface area contributed by atoms with E-state index in [0.717, 1.165) is 11.6 Å². The van der Waals surface area contributed by atoms with E-state index in [1.54, 1.807) is 0 Å². The van der Waals surface area contributed by atoms with Crippen molar-refractivity contribution < 1.29 is 24.5 Å². The number of carbonyl (C=O) groups excluding carboxylic acids is 2. The molecule has 0 aliphatic carbocycles. The lowest BCUT2D eigenvalue weighted by molar-refractivity contribution is -0.255. The van der Waals surface area contributed by atoms with Crippen LogP contribution in [0, 0.1) is 0 Å². The number of carboxylic acid groups (broad SMARTS) is 2. The highest BCUT2D eigenvalue weighted by Gasteiger charge is 2.04. The third kappa shape index (κ3) is 3.35. The Morgan fingerprint density at radius 3 is 1.95 bits per heavy atom. The summed E-state index contributed by atoms with van der Waals surface area (Å²) in [5.74, 6) is -2.81. The van der Waals surface area contributed by atoms with Crippen LogP contribution < -0.4 is 14.9 Å². The molecule has 2 rings (SSSR count). The van der Waals surface area contributed by atoms with Crippen molar-refractivity contribution in [3.8, 4) is 5.75 Å². The van der Waals surface area contributed by atoms with Crippen molar-refractivity contribution in [2.45, 2.75) is 6.61 Å². The van der Waals surface area contributed by atoms with E-state index >= 15 is 0 Å². The first-order chi connectivity index (χ1) is 9.56. The zero-order chi connectivity index (χ0) is 14.5. The second kappa shape index (κ2) is 5.88. The Morgan fingerprint density at radius 2 is 1.45 bits per heavy atom. The minimum Gasteiger partial charge on any atom is -0.545 e. The largest absolute Gasteiger partial charge is 0.545 e. The zero-order valence-corrected chi connectivity index (χ0v) is 10.4. The molecule has 0 saturated carbocycles. The molecular formula is C15H10O5-2. The normalized spacial score (nSPS) is 10.0. The molecule has 5 heteroatoms. The second-order valence-electron chi connectivity index (χ2n) is 4.10. The molecule has 0 aliphatic heterocycles. The molecule has 0 fully saturated rings. The van der Waals surface area contributed by atoms with Gasteiger partial charge in [-0.05, 0) is 23.8 Å². The SMILES string of the molecule is O=C([O-])c1cc(OCc2ccccc2)cc(C(=O)[O-])c1. The Bertz CT molecular complexity index is 602. The van der Waals surface area contributed by atoms with Gasteiger partial charge in [-0.2, -0.15) is 0 Å². The smallest absolute Gasteiger partial charge is 0.121 e. The van der Waals surface area contributed by atoms with Crippen LogP contribution in [0.5, 0.6) is 5.75 Å². The number of hydrogen-bond acceptors (Lipinski definition) is 5. The average molecular weight is 270 g/mol. The number of aromatic carboxylic acids is 2. The Balaban J connectivity index is 2.22. The van der Waals surface area contributed by atoms with Crippen molar-refractivity contribution in [2.75, 3.05) is 0 Å². The standard InChI is InChI=1S/C15H12O5/c16-14(17)11-6-12(15(18)19)8-13(7-11)20-9-10-4-2-1-3-5-10/h1-8H,9H2,(H,16,17)(H,18,19)/p-2. The second-order valence-corrected chi connectivity index (χ2v) is 4.10. The molecule has 0 bridgehead atoms. The summed E-state index contributed by atoms with van der Waals surface area (Å²) in [6, 6.07) is 12.6. The molecule has 102 valence electrons. The Morgan fingerprint density at radius 1 is 0.900 bits per heavy atom. The minimum absolute atomic E-state index is 0.134. The molecule has 0 amide bonds. The van der Waals surface area contributed by atoms with Crippen molar-refractivity contribution in [1.29, 1.82) is 0 Å². The monoisotopic (exact) mass is 270 g/mol. The molecule has 0 radical (unpaired) electrons. The highest BCUT2D eigenvalue weighted by molar-refractivity contribution is 5.92. The number of hydrogen-bond donors (Lipinski definition) is 0. The topological polar surface area (TPSA) is 89.5 Å². The van der Waals surface area contributed by atoms with Crippen LogP contribution in [0.3, 0.4) is 0 Å². The van der Waals surface area contributed by atoms with E-state index in [0.29, 0.717) is 0 Å². The fourth-order valence-corrected chi connectivity index (χ4v) is 1.66. The van der Waals surface area contributed by atoms with Crippen LogP contribution in [0.15, 0.2) is 48.5 Å². The highest BCUT2D eigenvalue weighted by atomic mass is 16.5. The molecule has 0 aromatic heterocycles. The van der Waals surface area contributed by atoms with Gasteiger partial charge in [-0.1, -0.05) is 30.3 Å². The van der Waals surface area contributed by atoms with E-state index in [1.165, 1.54) is 12.1 Å². The maximum Gasteiger partial charge on any atom is 0.121 e. The maximum atomic E-state index is 10.8. The van der Waals surface area contributed by atoms with Gasteiger partial charge in [0.05, 0.1) is 11.9 Å². The average Bonchev–Trinajstić information content (AvgIpc) is 2.45. The van der Waals surface area contributed by atoms with Gasteiger partial charge in [-0.15, -0.1) is 0 Å². The third-order valence-corrected chi connectivity index (χ3v) is 2.63. The van der Waals surface area contributed by atoms with Crippen molar-refractivity contribution in [3.63, 3.8) is 0 Å². The van der Waals surface area contributed by atoms with Gasteiger partial charge < -0.3 is 24.5 Å². The van der Waals surface area contributed by atoms with E-state index in [-0.39, 0.29) is 23.5 Å². The Kier molecular flexibility index (Phi) is 4.00. The third-order valence-electron chi connectivity index (χ3n) is 2.63. The molecule has 0 N–H and O–H groups in total. The van der Waals surface area contributed by atoms with Crippen LogP contribution in [0.4, 0.5) is 0 Å². The van der Waals surface area contributed by atoms with Crippen molar-refractivity contribution >= 4 is 11.9 Å². The Hall–Kier alpha value is -2.82. The number of benzene rings is 2.